The molecule has 0 amide bonds. The van der Waals surface area contributed by atoms with Gasteiger partial charge in [-0.05, 0) is 85.1 Å². The van der Waals surface area contributed by atoms with Gasteiger partial charge in [-0.1, -0.05) is 35.7 Å². The molecule has 1 aliphatic heterocycles. The van der Waals surface area contributed by atoms with Gasteiger partial charge in [-0.25, -0.2) is 4.79 Å². The summed E-state index contributed by atoms with van der Waals surface area (Å²) in [4.78, 5) is 16.0. The van der Waals surface area contributed by atoms with Crippen LogP contribution in [0.25, 0.3) is 5.57 Å². The number of carbonyl (C=O) groups is 1. The molecule has 5 rings (SSSR count). The number of nitrogens with zero attached hydrogens (tertiary/aromatic N) is 2. The lowest BCUT2D eigenvalue weighted by Gasteiger charge is -2.47. The van der Waals surface area contributed by atoms with Crippen LogP contribution < -0.4 is 4.90 Å². The number of benzene rings is 2. The van der Waals surface area contributed by atoms with Crippen LogP contribution in [0.3, 0.4) is 0 Å². The molecule has 0 bridgehead atoms. The third-order valence-electron chi connectivity index (χ3n) is 7.81. The average Bonchev–Trinajstić information content (AvgIpc) is 2.79. The highest BCUT2D eigenvalue weighted by molar-refractivity contribution is 6.30. The molecule has 3 aliphatic rings. The number of allylic oxidation sites excluding steroid dienone is 1. The molecule has 2 aromatic carbocycles. The minimum atomic E-state index is -0.873. The number of rotatable bonds is 5. The van der Waals surface area contributed by atoms with Gasteiger partial charge in [-0.3, -0.25) is 4.90 Å². The largest absolute Gasteiger partial charge is 0.478 e. The van der Waals surface area contributed by atoms with Crippen LogP contribution >= 0.6 is 11.6 Å². The molecule has 0 aromatic heterocycles. The zero-order chi connectivity index (χ0) is 22.1. The number of anilines is 1. The third kappa shape index (κ3) is 4.44. The first-order chi connectivity index (χ1) is 15.5. The Hall–Kier alpha value is -2.30. The van der Waals surface area contributed by atoms with Crippen molar-refractivity contribution < 1.29 is 9.90 Å². The maximum absolute atomic E-state index is 11.1. The molecule has 4 nitrogen and oxygen atoms in total. The molecular formula is C27H31ClN2O2. The molecule has 1 saturated carbocycles. The van der Waals surface area contributed by atoms with Gasteiger partial charge in [0.2, 0.25) is 0 Å². The molecule has 1 spiro atoms. The van der Waals surface area contributed by atoms with E-state index in [4.69, 9.17) is 16.7 Å². The lowest BCUT2D eigenvalue weighted by molar-refractivity contribution is 0.0697. The van der Waals surface area contributed by atoms with Crippen LogP contribution in [0.5, 0.6) is 0 Å². The quantitative estimate of drug-likeness (QED) is 0.609. The molecule has 5 heteroatoms. The van der Waals surface area contributed by atoms with Gasteiger partial charge >= 0.3 is 5.97 Å². The van der Waals surface area contributed by atoms with Gasteiger partial charge in [0.25, 0.3) is 0 Å². The molecular weight excluding hydrogens is 420 g/mol. The Kier molecular flexibility index (Phi) is 6.00. The number of hydrogen-bond acceptors (Lipinski definition) is 3. The van der Waals surface area contributed by atoms with E-state index in [1.807, 2.05) is 24.3 Å². The number of aromatic carboxylic acids is 1. The molecule has 0 unspecified atom stereocenters. The first-order valence-corrected chi connectivity index (χ1v) is 12.2. The van der Waals surface area contributed by atoms with E-state index in [1.165, 1.54) is 44.1 Å². The predicted octanol–water partition coefficient (Wildman–Crippen LogP) is 5.97. The molecule has 0 atom stereocenters. The Bertz CT molecular complexity index is 1000. The van der Waals surface area contributed by atoms with Crippen molar-refractivity contribution in [3.8, 4) is 0 Å². The molecule has 2 aliphatic carbocycles. The molecule has 32 heavy (non-hydrogen) atoms. The molecule has 1 saturated heterocycles. The normalized spacial score (nSPS) is 21.0. The zero-order valence-corrected chi connectivity index (χ0v) is 19.3. The van der Waals surface area contributed by atoms with Gasteiger partial charge < -0.3 is 10.0 Å². The molecule has 1 heterocycles. The number of hydrogen-bond donors (Lipinski definition) is 1. The van der Waals surface area contributed by atoms with Crippen molar-refractivity contribution in [2.24, 2.45) is 5.41 Å². The average molecular weight is 451 g/mol. The SMILES string of the molecule is O=C(O)c1ccc(N2CCN(CC3=C(c4ccc(Cl)cc4)CC4(CCC4)CC3)CC2)cc1. The van der Waals surface area contributed by atoms with Gasteiger partial charge in [0.1, 0.15) is 0 Å². The van der Waals surface area contributed by atoms with E-state index < -0.39 is 5.97 Å². The van der Waals surface area contributed by atoms with Crippen LogP contribution in [-0.4, -0.2) is 48.7 Å². The Labute approximate surface area is 195 Å². The van der Waals surface area contributed by atoms with E-state index in [-0.39, 0.29) is 0 Å². The molecule has 1 N–H and O–H groups in total. The smallest absolute Gasteiger partial charge is 0.335 e. The minimum Gasteiger partial charge on any atom is -0.478 e. The maximum atomic E-state index is 11.1. The van der Waals surface area contributed by atoms with E-state index in [2.05, 4.69) is 21.9 Å². The van der Waals surface area contributed by atoms with Crippen molar-refractivity contribution in [2.75, 3.05) is 37.6 Å². The maximum Gasteiger partial charge on any atom is 0.335 e. The van der Waals surface area contributed by atoms with Crippen LogP contribution in [0.2, 0.25) is 5.02 Å². The fourth-order valence-electron chi connectivity index (χ4n) is 5.64. The Morgan fingerprint density at radius 2 is 1.62 bits per heavy atom. The minimum absolute atomic E-state index is 0.343. The lowest BCUT2D eigenvalue weighted by Crippen LogP contribution is -2.47. The summed E-state index contributed by atoms with van der Waals surface area (Å²) in [6.07, 6.45) is 7.94. The zero-order valence-electron chi connectivity index (χ0n) is 18.5. The fourth-order valence-corrected chi connectivity index (χ4v) is 5.77. The Morgan fingerprint density at radius 3 is 2.22 bits per heavy atom. The lowest BCUT2D eigenvalue weighted by atomic mass is 9.59. The van der Waals surface area contributed by atoms with Crippen LogP contribution in [0.1, 0.15) is 54.4 Å². The monoisotopic (exact) mass is 450 g/mol. The summed E-state index contributed by atoms with van der Waals surface area (Å²) in [5, 5.41) is 9.92. The summed E-state index contributed by atoms with van der Waals surface area (Å²) >= 11 is 6.17. The highest BCUT2D eigenvalue weighted by atomic mass is 35.5. The van der Waals surface area contributed by atoms with E-state index >= 15 is 0 Å². The molecule has 0 radical (unpaired) electrons. The molecule has 2 fully saturated rings. The summed E-state index contributed by atoms with van der Waals surface area (Å²) in [7, 11) is 0. The second-order valence-electron chi connectivity index (χ2n) is 9.73. The van der Waals surface area contributed by atoms with E-state index in [1.54, 1.807) is 23.3 Å². The summed E-state index contributed by atoms with van der Waals surface area (Å²) in [5.74, 6) is -0.873. The number of piperazine rings is 1. The standard InChI is InChI=1S/C27H31ClN2O2/c28-23-6-2-20(3-7-23)25-18-27(11-1-12-27)13-10-22(25)19-29-14-16-30(17-15-29)24-8-4-21(5-9-24)26(31)32/h2-9H,1,10-19H2,(H,31,32). The van der Waals surface area contributed by atoms with Crippen molar-refractivity contribution in [1.82, 2.24) is 4.90 Å². The van der Waals surface area contributed by atoms with Gasteiger partial charge in [0, 0.05) is 43.4 Å². The van der Waals surface area contributed by atoms with Crippen LogP contribution in [0.4, 0.5) is 5.69 Å². The van der Waals surface area contributed by atoms with Gasteiger partial charge in [-0.2, -0.15) is 0 Å². The first kappa shape index (κ1) is 21.5. The van der Waals surface area contributed by atoms with Crippen LogP contribution in [-0.2, 0) is 0 Å². The third-order valence-corrected chi connectivity index (χ3v) is 8.06. The van der Waals surface area contributed by atoms with E-state index in [0.29, 0.717) is 11.0 Å². The molecule has 168 valence electrons. The summed E-state index contributed by atoms with van der Waals surface area (Å²) in [5.41, 5.74) is 6.55. The van der Waals surface area contributed by atoms with Crippen molar-refractivity contribution in [1.29, 1.82) is 0 Å². The summed E-state index contributed by atoms with van der Waals surface area (Å²) < 4.78 is 0. The second-order valence-corrected chi connectivity index (χ2v) is 10.2. The number of carboxylic acid groups (broad SMARTS) is 1. The van der Waals surface area contributed by atoms with Crippen molar-refractivity contribution in [3.05, 3.63) is 70.3 Å². The van der Waals surface area contributed by atoms with E-state index in [0.717, 1.165) is 43.4 Å². The summed E-state index contributed by atoms with van der Waals surface area (Å²) in [6.45, 7) is 5.06. The van der Waals surface area contributed by atoms with Gasteiger partial charge in [0.05, 0.1) is 5.56 Å². The van der Waals surface area contributed by atoms with Crippen molar-refractivity contribution in [3.63, 3.8) is 0 Å². The highest BCUT2D eigenvalue weighted by Gasteiger charge is 2.40. The van der Waals surface area contributed by atoms with E-state index in [9.17, 15) is 4.79 Å². The number of halogens is 1. The Morgan fingerprint density at radius 1 is 0.938 bits per heavy atom. The van der Waals surface area contributed by atoms with Crippen molar-refractivity contribution >= 4 is 28.8 Å². The number of carboxylic acids is 1. The topological polar surface area (TPSA) is 43.8 Å². The highest BCUT2D eigenvalue weighted by Crippen LogP contribution is 2.55. The van der Waals surface area contributed by atoms with Gasteiger partial charge in [-0.15, -0.1) is 0 Å². The summed E-state index contributed by atoms with van der Waals surface area (Å²) in [6, 6.07) is 15.7. The predicted molar refractivity (Wildman–Crippen MR) is 131 cm³/mol. The van der Waals surface area contributed by atoms with Gasteiger partial charge in [0.15, 0.2) is 0 Å². The van der Waals surface area contributed by atoms with Crippen LogP contribution in [0, 0.1) is 5.41 Å². The fraction of sp³-hybridized carbons (Fsp3) is 0.444. The second kappa shape index (κ2) is 8.92. The van der Waals surface area contributed by atoms with Crippen LogP contribution in [0.15, 0.2) is 54.1 Å². The first-order valence-electron chi connectivity index (χ1n) is 11.8. The Balaban J connectivity index is 1.27. The van der Waals surface area contributed by atoms with Crippen molar-refractivity contribution in [2.45, 2.75) is 38.5 Å². The molecule has 2 aromatic rings.